The Bertz CT molecular complexity index is 591. The number of nitrogens with one attached hydrogen (secondary N) is 2. The highest BCUT2D eigenvalue weighted by atomic mass is 32.1. The normalized spacial score (nSPS) is 11.7. The number of nitrogens with zero attached hydrogens (tertiary/aromatic N) is 3. The predicted octanol–water partition coefficient (Wildman–Crippen LogP) is 3.01. The molecule has 2 aromatic heterocycles. The average Bonchev–Trinajstić information content (AvgIpc) is 2.75. The van der Waals surface area contributed by atoms with Gasteiger partial charge in [0.2, 0.25) is 5.13 Å². The number of hydrogen-bond donors (Lipinski definition) is 2. The van der Waals surface area contributed by atoms with Crippen LogP contribution < -0.4 is 10.6 Å². The van der Waals surface area contributed by atoms with E-state index in [1.54, 1.807) is 12.3 Å². The van der Waals surface area contributed by atoms with Crippen molar-refractivity contribution in [3.8, 4) is 0 Å². The largest absolute Gasteiger partial charge is 0.312 e. The molecule has 0 unspecified atom stereocenters. The average molecular weight is 295 g/mol. The molecule has 2 aromatic rings. The van der Waals surface area contributed by atoms with Crippen LogP contribution in [-0.2, 0) is 6.54 Å². The molecule has 2 N–H and O–H groups in total. The van der Waals surface area contributed by atoms with Crippen molar-refractivity contribution in [3.05, 3.63) is 28.7 Å². The van der Waals surface area contributed by atoms with Gasteiger partial charge in [-0.1, -0.05) is 11.3 Å². The summed E-state index contributed by atoms with van der Waals surface area (Å²) in [6.07, 6.45) is 1.58. The fraction of sp³-hybridized carbons (Fsp3) is 0.462. The fourth-order valence-electron chi connectivity index (χ4n) is 1.52. The van der Waals surface area contributed by atoms with Gasteiger partial charge >= 0.3 is 0 Å². The molecule has 0 saturated carbocycles. The third-order valence-electron chi connectivity index (χ3n) is 2.53. The Labute approximate surface area is 121 Å². The topological polar surface area (TPSA) is 62.7 Å². The molecule has 7 heteroatoms. The van der Waals surface area contributed by atoms with E-state index in [-0.39, 0.29) is 17.2 Å². The zero-order valence-electron chi connectivity index (χ0n) is 12.0. The summed E-state index contributed by atoms with van der Waals surface area (Å²) < 4.78 is 14.3. The van der Waals surface area contributed by atoms with E-state index < -0.39 is 0 Å². The molecular formula is C13H18FN5S. The monoisotopic (exact) mass is 295 g/mol. The van der Waals surface area contributed by atoms with Crippen LogP contribution in [0.5, 0.6) is 0 Å². The Morgan fingerprint density at radius 3 is 2.65 bits per heavy atom. The molecule has 0 aliphatic carbocycles. The summed E-state index contributed by atoms with van der Waals surface area (Å²) in [4.78, 5) is 4.01. The van der Waals surface area contributed by atoms with Crippen LogP contribution in [0.3, 0.4) is 0 Å². The molecule has 0 bridgehead atoms. The maximum atomic E-state index is 14.3. The van der Waals surface area contributed by atoms with Crippen molar-refractivity contribution in [2.24, 2.45) is 0 Å². The second kappa shape index (κ2) is 5.80. The summed E-state index contributed by atoms with van der Waals surface area (Å²) in [5.74, 6) is -0.188. The number of hydrogen-bond acceptors (Lipinski definition) is 6. The summed E-state index contributed by atoms with van der Waals surface area (Å²) in [6.45, 7) is 8.40. The molecule has 0 aliphatic heterocycles. The highest BCUT2D eigenvalue weighted by molar-refractivity contribution is 7.15. The standard InChI is InChI=1S/C13H18FN5S/c1-8-18-19-12(20-8)17-11-10(14)9(5-6-15-11)7-16-13(2,3)4/h5-6,16H,7H2,1-4H3,(H,15,17,19). The van der Waals surface area contributed by atoms with E-state index in [1.807, 2.05) is 27.7 Å². The Kier molecular flexibility index (Phi) is 4.29. The molecule has 2 rings (SSSR count). The van der Waals surface area contributed by atoms with E-state index in [9.17, 15) is 4.39 Å². The Morgan fingerprint density at radius 2 is 2.05 bits per heavy atom. The molecule has 108 valence electrons. The van der Waals surface area contributed by atoms with Crippen LogP contribution in [0.25, 0.3) is 0 Å². The van der Waals surface area contributed by atoms with Crippen molar-refractivity contribution in [1.29, 1.82) is 0 Å². The van der Waals surface area contributed by atoms with Gasteiger partial charge in [0, 0.05) is 23.8 Å². The van der Waals surface area contributed by atoms with Crippen molar-refractivity contribution in [2.45, 2.75) is 39.8 Å². The Morgan fingerprint density at radius 1 is 1.30 bits per heavy atom. The minimum Gasteiger partial charge on any atom is -0.312 e. The van der Waals surface area contributed by atoms with E-state index >= 15 is 0 Å². The molecule has 0 amide bonds. The van der Waals surface area contributed by atoms with Gasteiger partial charge in [-0.3, -0.25) is 0 Å². The van der Waals surface area contributed by atoms with Gasteiger partial charge in [0.05, 0.1) is 0 Å². The summed E-state index contributed by atoms with van der Waals surface area (Å²) in [6, 6.07) is 1.67. The fourth-order valence-corrected chi connectivity index (χ4v) is 2.11. The Hall–Kier alpha value is -1.60. The van der Waals surface area contributed by atoms with Crippen molar-refractivity contribution >= 4 is 22.3 Å². The molecule has 0 saturated heterocycles. The van der Waals surface area contributed by atoms with E-state index in [4.69, 9.17) is 0 Å². The van der Waals surface area contributed by atoms with Crippen LogP contribution in [0, 0.1) is 12.7 Å². The molecular weight excluding hydrogens is 277 g/mol. The maximum Gasteiger partial charge on any atom is 0.211 e. The molecule has 0 aliphatic rings. The number of anilines is 2. The van der Waals surface area contributed by atoms with E-state index in [0.29, 0.717) is 17.2 Å². The van der Waals surface area contributed by atoms with Crippen molar-refractivity contribution in [2.75, 3.05) is 5.32 Å². The van der Waals surface area contributed by atoms with Gasteiger partial charge in [0.25, 0.3) is 0 Å². The minimum atomic E-state index is -0.364. The van der Waals surface area contributed by atoms with Crippen molar-refractivity contribution < 1.29 is 4.39 Å². The second-order valence-electron chi connectivity index (χ2n) is 5.49. The number of aromatic nitrogens is 3. The molecule has 0 spiro atoms. The third-order valence-corrected chi connectivity index (χ3v) is 3.28. The molecule has 20 heavy (non-hydrogen) atoms. The van der Waals surface area contributed by atoms with E-state index in [2.05, 4.69) is 25.8 Å². The first-order valence-electron chi connectivity index (χ1n) is 6.31. The molecule has 5 nitrogen and oxygen atoms in total. The number of rotatable bonds is 4. The smallest absolute Gasteiger partial charge is 0.211 e. The molecule has 0 aromatic carbocycles. The lowest BCUT2D eigenvalue weighted by Crippen LogP contribution is -2.35. The zero-order valence-corrected chi connectivity index (χ0v) is 12.8. The molecule has 0 radical (unpaired) electrons. The lowest BCUT2D eigenvalue weighted by Gasteiger charge is -2.21. The van der Waals surface area contributed by atoms with E-state index in [1.165, 1.54) is 11.3 Å². The van der Waals surface area contributed by atoms with Crippen molar-refractivity contribution in [3.63, 3.8) is 0 Å². The van der Waals surface area contributed by atoms with Gasteiger partial charge in [-0.15, -0.1) is 10.2 Å². The van der Waals surface area contributed by atoms with Crippen LogP contribution >= 0.6 is 11.3 Å². The van der Waals surface area contributed by atoms with Crippen molar-refractivity contribution in [1.82, 2.24) is 20.5 Å². The lowest BCUT2D eigenvalue weighted by atomic mass is 10.1. The number of aryl methyl sites for hydroxylation is 1. The molecule has 0 fully saturated rings. The predicted molar refractivity (Wildman–Crippen MR) is 78.7 cm³/mol. The zero-order chi connectivity index (χ0) is 14.8. The number of pyridine rings is 1. The van der Waals surface area contributed by atoms with Gasteiger partial charge in [-0.2, -0.15) is 0 Å². The van der Waals surface area contributed by atoms with Crippen LogP contribution in [-0.4, -0.2) is 20.7 Å². The lowest BCUT2D eigenvalue weighted by molar-refractivity contribution is 0.418. The first-order chi connectivity index (χ1) is 9.35. The first-order valence-corrected chi connectivity index (χ1v) is 7.12. The minimum absolute atomic E-state index is 0.0698. The van der Waals surface area contributed by atoms with Crippen LogP contribution in [0.4, 0.5) is 15.3 Å². The van der Waals surface area contributed by atoms with Gasteiger partial charge in [-0.25, -0.2) is 9.37 Å². The highest BCUT2D eigenvalue weighted by Gasteiger charge is 2.14. The SMILES string of the molecule is Cc1nnc(Nc2nccc(CNC(C)(C)C)c2F)s1. The summed E-state index contributed by atoms with van der Waals surface area (Å²) >= 11 is 1.36. The van der Waals surface area contributed by atoms with Gasteiger partial charge in [0.15, 0.2) is 11.6 Å². The summed E-state index contributed by atoms with van der Waals surface area (Å²) in [7, 11) is 0. The van der Waals surface area contributed by atoms with Crippen LogP contribution in [0.2, 0.25) is 0 Å². The quantitative estimate of drug-likeness (QED) is 0.908. The summed E-state index contributed by atoms with van der Waals surface area (Å²) in [5.41, 5.74) is 0.498. The third kappa shape index (κ3) is 3.94. The summed E-state index contributed by atoms with van der Waals surface area (Å²) in [5, 5.41) is 15.2. The van der Waals surface area contributed by atoms with Gasteiger partial charge in [0.1, 0.15) is 5.01 Å². The highest BCUT2D eigenvalue weighted by Crippen LogP contribution is 2.22. The second-order valence-corrected chi connectivity index (χ2v) is 6.67. The Balaban J connectivity index is 2.14. The van der Waals surface area contributed by atoms with Crippen LogP contribution in [0.1, 0.15) is 31.3 Å². The van der Waals surface area contributed by atoms with Gasteiger partial charge < -0.3 is 10.6 Å². The number of halogens is 1. The van der Waals surface area contributed by atoms with E-state index in [0.717, 1.165) is 5.01 Å². The first kappa shape index (κ1) is 14.8. The van der Waals surface area contributed by atoms with Gasteiger partial charge in [-0.05, 0) is 33.8 Å². The van der Waals surface area contributed by atoms with Crippen LogP contribution in [0.15, 0.2) is 12.3 Å². The maximum absolute atomic E-state index is 14.3. The molecule has 0 atom stereocenters. The molecule has 2 heterocycles.